The summed E-state index contributed by atoms with van der Waals surface area (Å²) in [5, 5.41) is 13.4. The number of hydrogen-bond acceptors (Lipinski definition) is 4. The summed E-state index contributed by atoms with van der Waals surface area (Å²) in [6.45, 7) is 0.661. The van der Waals surface area contributed by atoms with E-state index in [1.807, 2.05) is 0 Å². The van der Waals surface area contributed by atoms with Gasteiger partial charge in [-0.05, 0) is 24.4 Å². The second-order valence-electron chi connectivity index (χ2n) is 3.97. The lowest BCUT2D eigenvalue weighted by Gasteiger charge is -2.15. The molecular formula is C10H13Cl2N3O. The van der Waals surface area contributed by atoms with Crippen molar-refractivity contribution in [3.8, 4) is 0 Å². The smallest absolute Gasteiger partial charge is 0.224 e. The van der Waals surface area contributed by atoms with Crippen molar-refractivity contribution in [2.75, 3.05) is 11.9 Å². The van der Waals surface area contributed by atoms with E-state index < -0.39 is 0 Å². The maximum Gasteiger partial charge on any atom is 0.224 e. The van der Waals surface area contributed by atoms with Crippen LogP contribution in [0.5, 0.6) is 0 Å². The highest BCUT2D eigenvalue weighted by Gasteiger charge is 2.25. The Morgan fingerprint density at radius 2 is 2.25 bits per heavy atom. The molecule has 1 saturated carbocycles. The fourth-order valence-corrected chi connectivity index (χ4v) is 2.24. The molecule has 0 bridgehead atoms. The summed E-state index contributed by atoms with van der Waals surface area (Å²) in [6, 6.07) is 0. The van der Waals surface area contributed by atoms with Crippen LogP contribution in [-0.2, 0) is 0 Å². The molecule has 0 spiro atoms. The lowest BCUT2D eigenvalue weighted by atomic mass is 10.1. The fourth-order valence-electron chi connectivity index (χ4n) is 1.95. The maximum atomic E-state index is 9.66. The Bertz CT molecular complexity index is 375. The van der Waals surface area contributed by atoms with E-state index in [0.717, 1.165) is 19.3 Å². The van der Waals surface area contributed by atoms with E-state index in [1.54, 1.807) is 0 Å². The number of anilines is 1. The summed E-state index contributed by atoms with van der Waals surface area (Å²) in [5.74, 6) is 0.797. The molecule has 2 N–H and O–H groups in total. The lowest BCUT2D eigenvalue weighted by molar-refractivity contribution is 0.138. The Hall–Kier alpha value is -0.580. The molecule has 1 heterocycles. The van der Waals surface area contributed by atoms with Crippen molar-refractivity contribution in [1.82, 2.24) is 9.97 Å². The van der Waals surface area contributed by atoms with Gasteiger partial charge in [-0.1, -0.05) is 18.0 Å². The molecule has 0 aliphatic heterocycles. The SMILES string of the molecule is OC1CCCC1CNc1nc(Cl)ncc1Cl. The molecule has 0 amide bonds. The van der Waals surface area contributed by atoms with Crippen molar-refractivity contribution >= 4 is 29.0 Å². The van der Waals surface area contributed by atoms with Gasteiger partial charge in [-0.3, -0.25) is 0 Å². The summed E-state index contributed by atoms with van der Waals surface area (Å²) in [7, 11) is 0. The average Bonchev–Trinajstić information content (AvgIpc) is 2.66. The Morgan fingerprint density at radius 3 is 2.94 bits per heavy atom. The van der Waals surface area contributed by atoms with Crippen LogP contribution in [0.2, 0.25) is 10.3 Å². The van der Waals surface area contributed by atoms with Crippen LogP contribution in [0.25, 0.3) is 0 Å². The minimum atomic E-state index is -0.219. The topological polar surface area (TPSA) is 58.0 Å². The highest BCUT2D eigenvalue weighted by atomic mass is 35.5. The minimum absolute atomic E-state index is 0.166. The van der Waals surface area contributed by atoms with Crippen molar-refractivity contribution in [3.63, 3.8) is 0 Å². The van der Waals surface area contributed by atoms with E-state index in [-0.39, 0.29) is 17.3 Å². The van der Waals surface area contributed by atoms with Crippen LogP contribution in [0.3, 0.4) is 0 Å². The molecule has 4 nitrogen and oxygen atoms in total. The van der Waals surface area contributed by atoms with Crippen LogP contribution < -0.4 is 5.32 Å². The van der Waals surface area contributed by atoms with Crippen LogP contribution in [0.4, 0.5) is 5.82 Å². The van der Waals surface area contributed by atoms with Crippen molar-refractivity contribution in [3.05, 3.63) is 16.5 Å². The number of nitrogens with one attached hydrogen (secondary N) is 1. The lowest BCUT2D eigenvalue weighted by Crippen LogP contribution is -2.22. The zero-order valence-electron chi connectivity index (χ0n) is 8.66. The number of aromatic nitrogens is 2. The van der Waals surface area contributed by atoms with Gasteiger partial charge < -0.3 is 10.4 Å². The largest absolute Gasteiger partial charge is 0.393 e. The molecule has 1 fully saturated rings. The van der Waals surface area contributed by atoms with Crippen molar-refractivity contribution in [1.29, 1.82) is 0 Å². The van der Waals surface area contributed by atoms with Gasteiger partial charge in [0.2, 0.25) is 5.28 Å². The second kappa shape index (κ2) is 5.17. The highest BCUT2D eigenvalue weighted by molar-refractivity contribution is 6.33. The zero-order chi connectivity index (χ0) is 11.5. The van der Waals surface area contributed by atoms with E-state index in [4.69, 9.17) is 23.2 Å². The predicted molar refractivity (Wildman–Crippen MR) is 63.9 cm³/mol. The third-order valence-corrected chi connectivity index (χ3v) is 3.32. The molecule has 1 aromatic rings. The molecule has 6 heteroatoms. The van der Waals surface area contributed by atoms with E-state index in [2.05, 4.69) is 15.3 Å². The molecule has 1 aliphatic rings. The molecule has 88 valence electrons. The maximum absolute atomic E-state index is 9.66. The van der Waals surface area contributed by atoms with Crippen molar-refractivity contribution in [2.24, 2.45) is 5.92 Å². The quantitative estimate of drug-likeness (QED) is 0.821. The molecule has 1 aliphatic carbocycles. The van der Waals surface area contributed by atoms with Gasteiger partial charge in [0.1, 0.15) is 10.8 Å². The standard InChI is InChI=1S/C10H13Cl2N3O/c11-7-5-14-10(12)15-9(7)13-4-6-2-1-3-8(6)16/h5-6,8,16H,1-4H2,(H,13,14,15). The molecule has 0 aromatic carbocycles. The first kappa shape index (κ1) is 11.9. The Balaban J connectivity index is 1.96. The molecular weight excluding hydrogens is 249 g/mol. The molecule has 2 rings (SSSR count). The van der Waals surface area contributed by atoms with E-state index in [9.17, 15) is 5.11 Å². The molecule has 16 heavy (non-hydrogen) atoms. The number of nitrogens with zero attached hydrogens (tertiary/aromatic N) is 2. The van der Waals surface area contributed by atoms with Crippen LogP contribution in [0, 0.1) is 5.92 Å². The number of rotatable bonds is 3. The Morgan fingerprint density at radius 1 is 1.44 bits per heavy atom. The van der Waals surface area contributed by atoms with Gasteiger partial charge >= 0.3 is 0 Å². The monoisotopic (exact) mass is 261 g/mol. The van der Waals surface area contributed by atoms with Crippen LogP contribution in [-0.4, -0.2) is 27.7 Å². The molecule has 2 unspecified atom stereocenters. The zero-order valence-corrected chi connectivity index (χ0v) is 10.2. The second-order valence-corrected chi connectivity index (χ2v) is 4.72. The van der Waals surface area contributed by atoms with Gasteiger partial charge in [-0.25, -0.2) is 4.98 Å². The third-order valence-electron chi connectivity index (χ3n) is 2.87. The number of aliphatic hydroxyl groups excluding tert-OH is 1. The first-order chi connectivity index (χ1) is 7.66. The van der Waals surface area contributed by atoms with Gasteiger partial charge in [-0.2, -0.15) is 4.98 Å². The highest BCUT2D eigenvalue weighted by Crippen LogP contribution is 2.27. The normalized spacial score (nSPS) is 24.7. The predicted octanol–water partition coefficient (Wildman–Crippen LogP) is 2.36. The first-order valence-corrected chi connectivity index (χ1v) is 6.02. The van der Waals surface area contributed by atoms with Crippen molar-refractivity contribution in [2.45, 2.75) is 25.4 Å². The summed E-state index contributed by atoms with van der Waals surface area (Å²) in [6.07, 6.45) is 4.23. The summed E-state index contributed by atoms with van der Waals surface area (Å²) in [5.41, 5.74) is 0. The van der Waals surface area contributed by atoms with Gasteiger partial charge in [0.15, 0.2) is 0 Å². The van der Waals surface area contributed by atoms with E-state index in [0.29, 0.717) is 17.4 Å². The minimum Gasteiger partial charge on any atom is -0.393 e. The van der Waals surface area contributed by atoms with Gasteiger partial charge in [-0.15, -0.1) is 0 Å². The molecule has 0 radical (unpaired) electrons. The summed E-state index contributed by atoms with van der Waals surface area (Å²) in [4.78, 5) is 7.76. The fraction of sp³-hybridized carbons (Fsp3) is 0.600. The Kier molecular flexibility index (Phi) is 3.84. The van der Waals surface area contributed by atoms with Crippen LogP contribution >= 0.6 is 23.2 Å². The van der Waals surface area contributed by atoms with Crippen LogP contribution in [0.1, 0.15) is 19.3 Å². The number of aliphatic hydroxyl groups is 1. The van der Waals surface area contributed by atoms with Gasteiger partial charge in [0.05, 0.1) is 12.3 Å². The molecule has 2 atom stereocenters. The molecule has 1 aromatic heterocycles. The first-order valence-electron chi connectivity index (χ1n) is 5.27. The summed E-state index contributed by atoms with van der Waals surface area (Å²) >= 11 is 11.6. The molecule has 0 saturated heterocycles. The van der Waals surface area contributed by atoms with Crippen LogP contribution in [0.15, 0.2) is 6.20 Å². The Labute approximate surface area is 104 Å². The number of hydrogen-bond donors (Lipinski definition) is 2. The van der Waals surface area contributed by atoms with Crippen molar-refractivity contribution < 1.29 is 5.11 Å². The van der Waals surface area contributed by atoms with Gasteiger partial charge in [0, 0.05) is 12.5 Å². The van der Waals surface area contributed by atoms with E-state index in [1.165, 1.54) is 6.20 Å². The number of halogens is 2. The van der Waals surface area contributed by atoms with Gasteiger partial charge in [0.25, 0.3) is 0 Å². The average molecular weight is 262 g/mol. The van der Waals surface area contributed by atoms with E-state index >= 15 is 0 Å². The third kappa shape index (κ3) is 2.75. The summed E-state index contributed by atoms with van der Waals surface area (Å²) < 4.78 is 0.